The Hall–Kier alpha value is -1.06. The van der Waals surface area contributed by atoms with Gasteiger partial charge in [-0.3, -0.25) is 9.59 Å². The maximum absolute atomic E-state index is 10.9. The van der Waals surface area contributed by atoms with E-state index >= 15 is 0 Å². The molecule has 4 heteroatoms. The van der Waals surface area contributed by atoms with Crippen LogP contribution < -0.4 is 0 Å². The van der Waals surface area contributed by atoms with E-state index in [1.165, 1.54) is 0 Å². The first kappa shape index (κ1) is 10.9. The lowest BCUT2D eigenvalue weighted by atomic mass is 10.3. The number of ether oxygens (including phenoxy) is 2. The molecule has 1 unspecified atom stereocenters. The molecule has 0 N–H and O–H groups in total. The van der Waals surface area contributed by atoms with Gasteiger partial charge in [-0.1, -0.05) is 13.8 Å². The van der Waals surface area contributed by atoms with Gasteiger partial charge >= 0.3 is 5.97 Å². The molecule has 0 aromatic carbocycles. The monoisotopic (exact) mass is 174 g/mol. The van der Waals surface area contributed by atoms with Crippen LogP contribution in [0, 0.1) is 0 Å². The second-order valence-corrected chi connectivity index (χ2v) is 2.31. The minimum Gasteiger partial charge on any atom is -0.427 e. The average molecular weight is 174 g/mol. The standard InChI is InChI=1S/C8H14O4/c1-3-5-7(10)12-8(4-2)11-6-9/h6,8H,3-5H2,1-2H3. The van der Waals surface area contributed by atoms with Gasteiger partial charge in [0.05, 0.1) is 0 Å². The molecule has 0 aromatic heterocycles. The lowest BCUT2D eigenvalue weighted by molar-refractivity contribution is -0.180. The zero-order valence-electron chi connectivity index (χ0n) is 7.41. The molecule has 0 fully saturated rings. The Labute approximate surface area is 71.8 Å². The Balaban J connectivity index is 3.68. The molecule has 0 aliphatic rings. The maximum Gasteiger partial charge on any atom is 0.308 e. The minimum atomic E-state index is -0.721. The summed E-state index contributed by atoms with van der Waals surface area (Å²) in [5.74, 6) is -0.328. The summed E-state index contributed by atoms with van der Waals surface area (Å²) >= 11 is 0. The van der Waals surface area contributed by atoms with Crippen molar-refractivity contribution in [3.63, 3.8) is 0 Å². The summed E-state index contributed by atoms with van der Waals surface area (Å²) in [6.45, 7) is 3.93. The Morgan fingerprint density at radius 2 is 2.17 bits per heavy atom. The molecule has 0 bridgehead atoms. The number of esters is 1. The van der Waals surface area contributed by atoms with Crippen LogP contribution in [0.25, 0.3) is 0 Å². The van der Waals surface area contributed by atoms with E-state index in [0.717, 1.165) is 6.42 Å². The summed E-state index contributed by atoms with van der Waals surface area (Å²) in [5.41, 5.74) is 0. The highest BCUT2D eigenvalue weighted by atomic mass is 16.7. The summed E-state index contributed by atoms with van der Waals surface area (Å²) in [4.78, 5) is 20.8. The van der Waals surface area contributed by atoms with Gasteiger partial charge in [0.25, 0.3) is 6.47 Å². The predicted molar refractivity (Wildman–Crippen MR) is 42.2 cm³/mol. The second-order valence-electron chi connectivity index (χ2n) is 2.31. The molecule has 0 saturated heterocycles. The van der Waals surface area contributed by atoms with Crippen LogP contribution in [0.1, 0.15) is 33.1 Å². The predicted octanol–water partition coefficient (Wildman–Crippen LogP) is 1.24. The van der Waals surface area contributed by atoms with Crippen LogP contribution >= 0.6 is 0 Å². The minimum absolute atomic E-state index is 0.285. The van der Waals surface area contributed by atoms with Crippen molar-refractivity contribution in [1.82, 2.24) is 0 Å². The van der Waals surface area contributed by atoms with Crippen LogP contribution in [0.2, 0.25) is 0 Å². The average Bonchev–Trinajstić information content (AvgIpc) is 2.04. The number of carbonyl (C=O) groups excluding carboxylic acids is 2. The van der Waals surface area contributed by atoms with Crippen molar-refractivity contribution < 1.29 is 19.1 Å². The fourth-order valence-corrected chi connectivity index (χ4v) is 0.679. The van der Waals surface area contributed by atoms with E-state index in [1.807, 2.05) is 6.92 Å². The summed E-state index contributed by atoms with van der Waals surface area (Å²) in [5, 5.41) is 0. The molecule has 0 heterocycles. The number of hydrogen-bond donors (Lipinski definition) is 0. The number of carbonyl (C=O) groups is 2. The quantitative estimate of drug-likeness (QED) is 0.345. The third kappa shape index (κ3) is 4.71. The lowest BCUT2D eigenvalue weighted by Crippen LogP contribution is -2.19. The van der Waals surface area contributed by atoms with Gasteiger partial charge in [-0.2, -0.15) is 0 Å². The molecule has 0 aliphatic heterocycles. The van der Waals surface area contributed by atoms with Crippen LogP contribution in [-0.2, 0) is 19.1 Å². The zero-order chi connectivity index (χ0) is 9.40. The highest BCUT2D eigenvalue weighted by molar-refractivity contribution is 5.69. The number of hydrogen-bond acceptors (Lipinski definition) is 4. The van der Waals surface area contributed by atoms with Crippen LogP contribution in [0.5, 0.6) is 0 Å². The van der Waals surface area contributed by atoms with Gasteiger partial charge in [-0.05, 0) is 6.42 Å². The fourth-order valence-electron chi connectivity index (χ4n) is 0.679. The molecule has 70 valence electrons. The van der Waals surface area contributed by atoms with Gasteiger partial charge in [0.2, 0.25) is 6.29 Å². The molecule has 0 saturated carbocycles. The number of rotatable bonds is 6. The molecule has 4 nitrogen and oxygen atoms in total. The van der Waals surface area contributed by atoms with Gasteiger partial charge < -0.3 is 9.47 Å². The van der Waals surface area contributed by atoms with Crippen molar-refractivity contribution in [2.75, 3.05) is 0 Å². The molecule has 0 spiro atoms. The molecule has 12 heavy (non-hydrogen) atoms. The van der Waals surface area contributed by atoms with Gasteiger partial charge in [0, 0.05) is 12.8 Å². The van der Waals surface area contributed by atoms with Crippen molar-refractivity contribution in [2.45, 2.75) is 39.4 Å². The van der Waals surface area contributed by atoms with Gasteiger partial charge in [0.15, 0.2) is 0 Å². The Morgan fingerprint density at radius 3 is 2.58 bits per heavy atom. The van der Waals surface area contributed by atoms with Crippen LogP contribution in [0.3, 0.4) is 0 Å². The third-order valence-corrected chi connectivity index (χ3v) is 1.26. The summed E-state index contributed by atoms with van der Waals surface area (Å²) in [6.07, 6.45) is 0.852. The molecule has 0 amide bonds. The van der Waals surface area contributed by atoms with E-state index in [1.54, 1.807) is 6.92 Å². The van der Waals surface area contributed by atoms with Crippen molar-refractivity contribution in [1.29, 1.82) is 0 Å². The molecule has 0 aromatic rings. The van der Waals surface area contributed by atoms with Crippen molar-refractivity contribution in [3.8, 4) is 0 Å². The van der Waals surface area contributed by atoms with Crippen molar-refractivity contribution in [2.24, 2.45) is 0 Å². The molecule has 1 atom stereocenters. The molecular weight excluding hydrogens is 160 g/mol. The van der Waals surface area contributed by atoms with Gasteiger partial charge in [0.1, 0.15) is 0 Å². The fraction of sp³-hybridized carbons (Fsp3) is 0.750. The summed E-state index contributed by atoms with van der Waals surface area (Å²) in [6, 6.07) is 0. The highest BCUT2D eigenvalue weighted by Crippen LogP contribution is 2.01. The van der Waals surface area contributed by atoms with Crippen LogP contribution in [-0.4, -0.2) is 18.7 Å². The normalized spacial score (nSPS) is 11.8. The maximum atomic E-state index is 10.9. The Bertz CT molecular complexity index is 144. The Morgan fingerprint density at radius 1 is 1.50 bits per heavy atom. The molecular formula is C8H14O4. The van der Waals surface area contributed by atoms with E-state index in [2.05, 4.69) is 4.74 Å². The van der Waals surface area contributed by atoms with Gasteiger partial charge in [-0.25, -0.2) is 0 Å². The Kier molecular flexibility index (Phi) is 6.05. The van der Waals surface area contributed by atoms with E-state index in [0.29, 0.717) is 12.8 Å². The third-order valence-electron chi connectivity index (χ3n) is 1.26. The van der Waals surface area contributed by atoms with Crippen molar-refractivity contribution in [3.05, 3.63) is 0 Å². The van der Waals surface area contributed by atoms with Crippen molar-refractivity contribution >= 4 is 12.4 Å². The SMILES string of the molecule is CCCC(=O)OC(CC)OC=O. The van der Waals surface area contributed by atoms with E-state index < -0.39 is 6.29 Å². The summed E-state index contributed by atoms with van der Waals surface area (Å²) in [7, 11) is 0. The van der Waals surface area contributed by atoms with Crippen LogP contribution in [0.15, 0.2) is 0 Å². The smallest absolute Gasteiger partial charge is 0.308 e. The molecule has 0 radical (unpaired) electrons. The first-order chi connectivity index (χ1) is 5.74. The van der Waals surface area contributed by atoms with E-state index in [4.69, 9.17) is 4.74 Å². The highest BCUT2D eigenvalue weighted by Gasteiger charge is 2.11. The second kappa shape index (κ2) is 6.64. The molecule has 0 rings (SSSR count). The lowest BCUT2D eigenvalue weighted by Gasteiger charge is -2.12. The van der Waals surface area contributed by atoms with E-state index in [-0.39, 0.29) is 12.4 Å². The first-order valence-corrected chi connectivity index (χ1v) is 4.03. The topological polar surface area (TPSA) is 52.6 Å². The largest absolute Gasteiger partial charge is 0.427 e. The van der Waals surface area contributed by atoms with E-state index in [9.17, 15) is 9.59 Å². The summed E-state index contributed by atoms with van der Waals surface area (Å²) < 4.78 is 9.27. The van der Waals surface area contributed by atoms with Gasteiger partial charge in [-0.15, -0.1) is 0 Å². The first-order valence-electron chi connectivity index (χ1n) is 4.03. The van der Waals surface area contributed by atoms with Crippen LogP contribution in [0.4, 0.5) is 0 Å². The zero-order valence-corrected chi connectivity index (χ0v) is 7.41. The molecule has 0 aliphatic carbocycles.